The van der Waals surface area contributed by atoms with Gasteiger partial charge in [0.2, 0.25) is 0 Å². The van der Waals surface area contributed by atoms with Crippen LogP contribution in [-0.2, 0) is 12.0 Å². The first-order valence-electron chi connectivity index (χ1n) is 5.97. The first-order valence-corrected chi connectivity index (χ1v) is 5.97. The molecular weight excluding hydrogens is 194 g/mol. The SMILES string of the molecule is Cc1cc(C(C)(C)C)cc(C)c1CN(C)C. The van der Waals surface area contributed by atoms with Gasteiger partial charge in [0.05, 0.1) is 0 Å². The van der Waals surface area contributed by atoms with E-state index in [-0.39, 0.29) is 5.41 Å². The molecule has 1 rings (SSSR count). The fourth-order valence-electron chi connectivity index (χ4n) is 1.99. The van der Waals surface area contributed by atoms with E-state index in [1.807, 2.05) is 0 Å². The molecule has 0 N–H and O–H groups in total. The first kappa shape index (κ1) is 13.2. The molecule has 0 unspecified atom stereocenters. The second-order valence-corrected chi connectivity index (χ2v) is 6.08. The Kier molecular flexibility index (Phi) is 3.80. The second kappa shape index (κ2) is 4.58. The Balaban J connectivity index is 3.18. The minimum absolute atomic E-state index is 0.242. The monoisotopic (exact) mass is 219 g/mol. The van der Waals surface area contributed by atoms with Crippen molar-refractivity contribution >= 4 is 0 Å². The fraction of sp³-hybridized carbons (Fsp3) is 0.600. The molecule has 0 saturated heterocycles. The Hall–Kier alpha value is -0.820. The summed E-state index contributed by atoms with van der Waals surface area (Å²) in [5.74, 6) is 0. The third kappa shape index (κ3) is 3.08. The predicted molar refractivity (Wildman–Crippen MR) is 72.0 cm³/mol. The highest BCUT2D eigenvalue weighted by molar-refractivity contribution is 5.40. The smallest absolute Gasteiger partial charge is 0.0232 e. The highest BCUT2D eigenvalue weighted by Gasteiger charge is 2.16. The summed E-state index contributed by atoms with van der Waals surface area (Å²) < 4.78 is 0. The molecule has 1 heteroatoms. The summed E-state index contributed by atoms with van der Waals surface area (Å²) in [5.41, 5.74) is 5.98. The first-order chi connectivity index (χ1) is 7.21. The Labute approximate surface area is 100 Å². The van der Waals surface area contributed by atoms with Gasteiger partial charge in [-0.15, -0.1) is 0 Å². The van der Waals surface area contributed by atoms with Crippen LogP contribution in [0.4, 0.5) is 0 Å². The van der Waals surface area contributed by atoms with E-state index in [0.29, 0.717) is 0 Å². The Bertz CT molecular complexity index is 347. The number of benzene rings is 1. The minimum atomic E-state index is 0.242. The molecular formula is C15H25N. The van der Waals surface area contributed by atoms with E-state index in [0.717, 1.165) is 6.54 Å². The molecule has 0 heterocycles. The minimum Gasteiger partial charge on any atom is -0.305 e. The van der Waals surface area contributed by atoms with Gasteiger partial charge in [-0.25, -0.2) is 0 Å². The van der Waals surface area contributed by atoms with Crippen LogP contribution in [0.25, 0.3) is 0 Å². The van der Waals surface area contributed by atoms with Gasteiger partial charge < -0.3 is 4.90 Å². The third-order valence-electron chi connectivity index (χ3n) is 3.04. The van der Waals surface area contributed by atoms with Crippen molar-refractivity contribution in [3.63, 3.8) is 0 Å². The van der Waals surface area contributed by atoms with Gasteiger partial charge in [-0.2, -0.15) is 0 Å². The van der Waals surface area contributed by atoms with Crippen LogP contribution in [-0.4, -0.2) is 19.0 Å². The molecule has 0 saturated carbocycles. The van der Waals surface area contributed by atoms with Gasteiger partial charge in [-0.3, -0.25) is 0 Å². The molecule has 90 valence electrons. The van der Waals surface area contributed by atoms with Gasteiger partial charge in [-0.1, -0.05) is 32.9 Å². The van der Waals surface area contributed by atoms with E-state index < -0.39 is 0 Å². The summed E-state index contributed by atoms with van der Waals surface area (Å²) in [6, 6.07) is 4.68. The molecule has 0 aliphatic carbocycles. The molecule has 1 aromatic carbocycles. The summed E-state index contributed by atoms with van der Waals surface area (Å²) in [6.07, 6.45) is 0. The van der Waals surface area contributed by atoms with Gasteiger partial charge in [0, 0.05) is 6.54 Å². The molecule has 1 aromatic rings. The van der Waals surface area contributed by atoms with Crippen molar-refractivity contribution in [3.05, 3.63) is 34.4 Å². The van der Waals surface area contributed by atoms with Crippen LogP contribution < -0.4 is 0 Å². The summed E-state index contributed by atoms with van der Waals surface area (Å²) >= 11 is 0. The van der Waals surface area contributed by atoms with E-state index in [1.165, 1.54) is 22.3 Å². The third-order valence-corrected chi connectivity index (χ3v) is 3.04. The zero-order chi connectivity index (χ0) is 12.5. The van der Waals surface area contributed by atoms with Crippen LogP contribution in [0.15, 0.2) is 12.1 Å². The van der Waals surface area contributed by atoms with E-state index in [1.54, 1.807) is 0 Å². The van der Waals surface area contributed by atoms with Gasteiger partial charge in [0.15, 0.2) is 0 Å². The maximum atomic E-state index is 2.34. The average Bonchev–Trinajstić information content (AvgIpc) is 2.09. The molecule has 1 nitrogen and oxygen atoms in total. The Morgan fingerprint density at radius 3 is 1.75 bits per heavy atom. The molecule has 0 bridgehead atoms. The summed E-state index contributed by atoms with van der Waals surface area (Å²) in [7, 11) is 4.24. The maximum absolute atomic E-state index is 2.34. The molecule has 0 fully saturated rings. The topological polar surface area (TPSA) is 3.24 Å². The lowest BCUT2D eigenvalue weighted by Crippen LogP contribution is -2.16. The zero-order valence-electron chi connectivity index (χ0n) is 11.8. The van der Waals surface area contributed by atoms with Crippen molar-refractivity contribution in [2.75, 3.05) is 14.1 Å². The van der Waals surface area contributed by atoms with Crippen molar-refractivity contribution in [1.29, 1.82) is 0 Å². The van der Waals surface area contributed by atoms with Gasteiger partial charge in [0.25, 0.3) is 0 Å². The van der Waals surface area contributed by atoms with Crippen molar-refractivity contribution < 1.29 is 0 Å². The number of aryl methyl sites for hydroxylation is 2. The quantitative estimate of drug-likeness (QED) is 0.733. The van der Waals surface area contributed by atoms with E-state index in [4.69, 9.17) is 0 Å². The predicted octanol–water partition coefficient (Wildman–Crippen LogP) is 3.66. The van der Waals surface area contributed by atoms with Gasteiger partial charge in [0.1, 0.15) is 0 Å². The lowest BCUT2D eigenvalue weighted by atomic mass is 9.84. The molecule has 0 aromatic heterocycles. The number of hydrogen-bond donors (Lipinski definition) is 0. The zero-order valence-corrected chi connectivity index (χ0v) is 11.8. The van der Waals surface area contributed by atoms with Crippen LogP contribution in [0.3, 0.4) is 0 Å². The van der Waals surface area contributed by atoms with E-state index in [9.17, 15) is 0 Å². The number of nitrogens with zero attached hydrogens (tertiary/aromatic N) is 1. The molecule has 0 atom stereocenters. The molecule has 0 aliphatic heterocycles. The largest absolute Gasteiger partial charge is 0.305 e. The van der Waals surface area contributed by atoms with Gasteiger partial charge in [-0.05, 0) is 55.6 Å². The second-order valence-electron chi connectivity index (χ2n) is 6.08. The molecule has 0 aliphatic rings. The van der Waals surface area contributed by atoms with Crippen molar-refractivity contribution in [2.45, 2.75) is 46.6 Å². The lowest BCUT2D eigenvalue weighted by Gasteiger charge is -2.23. The van der Waals surface area contributed by atoms with E-state index >= 15 is 0 Å². The number of rotatable bonds is 2. The Morgan fingerprint density at radius 1 is 1.00 bits per heavy atom. The highest BCUT2D eigenvalue weighted by atomic mass is 15.0. The summed E-state index contributed by atoms with van der Waals surface area (Å²) in [5, 5.41) is 0. The van der Waals surface area contributed by atoms with Crippen LogP contribution in [0.2, 0.25) is 0 Å². The van der Waals surface area contributed by atoms with Crippen LogP contribution >= 0.6 is 0 Å². The van der Waals surface area contributed by atoms with Gasteiger partial charge >= 0.3 is 0 Å². The molecule has 0 radical (unpaired) electrons. The van der Waals surface area contributed by atoms with Crippen LogP contribution in [0.1, 0.15) is 43.0 Å². The average molecular weight is 219 g/mol. The Morgan fingerprint density at radius 2 is 1.44 bits per heavy atom. The lowest BCUT2D eigenvalue weighted by molar-refractivity contribution is 0.400. The highest BCUT2D eigenvalue weighted by Crippen LogP contribution is 2.27. The molecule has 0 spiro atoms. The normalized spacial score (nSPS) is 12.2. The van der Waals surface area contributed by atoms with Crippen LogP contribution in [0, 0.1) is 13.8 Å². The fourth-order valence-corrected chi connectivity index (χ4v) is 1.99. The molecule has 0 amide bonds. The maximum Gasteiger partial charge on any atom is 0.0232 e. The standard InChI is InChI=1S/C15H25N/c1-11-8-13(15(3,4)5)9-12(2)14(11)10-16(6)7/h8-9H,10H2,1-7H3. The van der Waals surface area contributed by atoms with E-state index in [2.05, 4.69) is 65.7 Å². The molecule has 16 heavy (non-hydrogen) atoms. The van der Waals surface area contributed by atoms with Crippen molar-refractivity contribution in [3.8, 4) is 0 Å². The summed E-state index contributed by atoms with van der Waals surface area (Å²) in [6.45, 7) is 12.3. The van der Waals surface area contributed by atoms with Crippen molar-refractivity contribution in [1.82, 2.24) is 4.90 Å². The van der Waals surface area contributed by atoms with Crippen molar-refractivity contribution in [2.24, 2.45) is 0 Å². The number of hydrogen-bond acceptors (Lipinski definition) is 1. The summed E-state index contributed by atoms with van der Waals surface area (Å²) in [4.78, 5) is 2.23. The van der Waals surface area contributed by atoms with Crippen LogP contribution in [0.5, 0.6) is 0 Å².